The first-order valence-corrected chi connectivity index (χ1v) is 7.09. The fourth-order valence-corrected chi connectivity index (χ4v) is 5.12. The van der Waals surface area contributed by atoms with E-state index in [0.717, 1.165) is 0 Å². The van der Waals surface area contributed by atoms with Crippen molar-refractivity contribution < 1.29 is 17.9 Å². The Bertz CT molecular complexity index is 397. The van der Waals surface area contributed by atoms with Crippen molar-refractivity contribution in [2.45, 2.75) is 30.6 Å². The van der Waals surface area contributed by atoms with E-state index in [1.54, 1.807) is 11.9 Å². The minimum absolute atomic E-state index is 0.0780. The number of nitrogens with zero attached hydrogens (tertiary/aromatic N) is 1. The maximum Gasteiger partial charge on any atom is 0.219 e. The van der Waals surface area contributed by atoms with Crippen molar-refractivity contribution >= 4 is 15.7 Å². The van der Waals surface area contributed by atoms with E-state index < -0.39 is 14.6 Å². The van der Waals surface area contributed by atoms with Gasteiger partial charge in [-0.15, -0.1) is 0 Å². The SMILES string of the molecule is CC(=O)N(C)C1CS(=O)(=O)C12CCOCC2. The molecule has 0 radical (unpaired) electrons. The summed E-state index contributed by atoms with van der Waals surface area (Å²) in [6.45, 7) is 2.42. The van der Waals surface area contributed by atoms with E-state index in [2.05, 4.69) is 0 Å². The van der Waals surface area contributed by atoms with Gasteiger partial charge in [-0.1, -0.05) is 0 Å². The molecule has 2 fully saturated rings. The van der Waals surface area contributed by atoms with E-state index in [-0.39, 0.29) is 17.7 Å². The largest absolute Gasteiger partial charge is 0.381 e. The molecule has 2 saturated heterocycles. The zero-order valence-corrected chi connectivity index (χ0v) is 10.4. The Balaban J connectivity index is 2.27. The highest BCUT2D eigenvalue weighted by Gasteiger charge is 2.62. The van der Waals surface area contributed by atoms with Gasteiger partial charge in [0, 0.05) is 27.2 Å². The molecular weight excluding hydrogens is 230 g/mol. The second-order valence-electron chi connectivity index (χ2n) is 4.60. The lowest BCUT2D eigenvalue weighted by Crippen LogP contribution is -2.71. The monoisotopic (exact) mass is 247 g/mol. The number of amides is 1. The molecule has 1 amide bonds. The fraction of sp³-hybridized carbons (Fsp3) is 0.900. The molecule has 6 heteroatoms. The molecule has 0 N–H and O–H groups in total. The smallest absolute Gasteiger partial charge is 0.219 e. The van der Waals surface area contributed by atoms with Crippen LogP contribution in [-0.4, -0.2) is 56.0 Å². The van der Waals surface area contributed by atoms with Gasteiger partial charge in [0.05, 0.1) is 16.5 Å². The Kier molecular flexibility index (Phi) is 2.74. The molecule has 2 rings (SSSR count). The van der Waals surface area contributed by atoms with Gasteiger partial charge in [-0.25, -0.2) is 8.42 Å². The van der Waals surface area contributed by atoms with Gasteiger partial charge in [0.15, 0.2) is 9.84 Å². The zero-order chi connectivity index (χ0) is 12.0. The van der Waals surface area contributed by atoms with Gasteiger partial charge in [-0.2, -0.15) is 0 Å². The summed E-state index contributed by atoms with van der Waals surface area (Å²) < 4.78 is 28.4. The molecule has 1 atom stereocenters. The van der Waals surface area contributed by atoms with Crippen LogP contribution in [0.1, 0.15) is 19.8 Å². The van der Waals surface area contributed by atoms with Crippen LogP contribution >= 0.6 is 0 Å². The summed E-state index contributed by atoms with van der Waals surface area (Å²) in [5.74, 6) is 0.0223. The minimum atomic E-state index is -3.05. The molecule has 0 aromatic rings. The molecule has 1 spiro atoms. The summed E-state index contributed by atoms with van der Waals surface area (Å²) in [7, 11) is -1.37. The number of hydrogen-bond acceptors (Lipinski definition) is 4. The number of carbonyl (C=O) groups is 1. The van der Waals surface area contributed by atoms with Crippen molar-refractivity contribution in [3.8, 4) is 0 Å². The summed E-state index contributed by atoms with van der Waals surface area (Å²) in [5.41, 5.74) is 0. The van der Waals surface area contributed by atoms with Crippen molar-refractivity contribution in [1.82, 2.24) is 4.90 Å². The molecule has 2 aliphatic heterocycles. The molecule has 92 valence electrons. The van der Waals surface area contributed by atoms with Crippen LogP contribution in [0, 0.1) is 0 Å². The Labute approximate surface area is 95.7 Å². The van der Waals surface area contributed by atoms with Crippen LogP contribution in [0.15, 0.2) is 0 Å². The molecule has 0 bridgehead atoms. The van der Waals surface area contributed by atoms with E-state index in [9.17, 15) is 13.2 Å². The van der Waals surface area contributed by atoms with Gasteiger partial charge in [-0.05, 0) is 12.8 Å². The molecule has 0 aromatic carbocycles. The Morgan fingerprint density at radius 3 is 2.38 bits per heavy atom. The van der Waals surface area contributed by atoms with E-state index >= 15 is 0 Å². The minimum Gasteiger partial charge on any atom is -0.381 e. The average molecular weight is 247 g/mol. The summed E-state index contributed by atoms with van der Waals surface area (Å²) in [6, 6.07) is -0.168. The summed E-state index contributed by atoms with van der Waals surface area (Å²) in [4.78, 5) is 12.9. The van der Waals surface area contributed by atoms with Crippen molar-refractivity contribution in [2.75, 3.05) is 26.0 Å². The first kappa shape index (κ1) is 11.9. The topological polar surface area (TPSA) is 63.7 Å². The molecule has 16 heavy (non-hydrogen) atoms. The van der Waals surface area contributed by atoms with Crippen LogP contribution in [0.5, 0.6) is 0 Å². The number of rotatable bonds is 1. The van der Waals surface area contributed by atoms with Crippen LogP contribution in [0.2, 0.25) is 0 Å². The molecule has 0 aliphatic carbocycles. The quantitative estimate of drug-likeness (QED) is 0.644. The van der Waals surface area contributed by atoms with Crippen molar-refractivity contribution in [3.05, 3.63) is 0 Å². The maximum absolute atomic E-state index is 11.9. The maximum atomic E-state index is 11.9. The number of carbonyl (C=O) groups excluding carboxylic acids is 1. The summed E-state index contributed by atoms with van der Waals surface area (Å²) in [5, 5.41) is 0. The Morgan fingerprint density at radius 1 is 1.38 bits per heavy atom. The standard InChI is InChI=1S/C10H17NO4S/c1-8(12)11(2)9-7-16(13,14)10(9)3-5-15-6-4-10/h9H,3-7H2,1-2H3. The van der Waals surface area contributed by atoms with Crippen molar-refractivity contribution in [2.24, 2.45) is 0 Å². The van der Waals surface area contributed by atoms with Gasteiger partial charge >= 0.3 is 0 Å². The average Bonchev–Trinajstić information content (AvgIpc) is 2.26. The predicted octanol–water partition coefficient (Wildman–Crippen LogP) is -0.189. The molecular formula is C10H17NO4S. The van der Waals surface area contributed by atoms with Crippen LogP contribution < -0.4 is 0 Å². The fourth-order valence-electron chi connectivity index (χ4n) is 2.68. The molecule has 2 heterocycles. The van der Waals surface area contributed by atoms with E-state index in [4.69, 9.17) is 4.74 Å². The molecule has 0 saturated carbocycles. The third-order valence-corrected chi connectivity index (χ3v) is 6.58. The lowest BCUT2D eigenvalue weighted by molar-refractivity contribution is -0.131. The third-order valence-electron chi connectivity index (χ3n) is 3.91. The summed E-state index contributed by atoms with van der Waals surface area (Å²) >= 11 is 0. The predicted molar refractivity (Wildman–Crippen MR) is 58.8 cm³/mol. The second-order valence-corrected chi connectivity index (χ2v) is 6.98. The third kappa shape index (κ3) is 1.47. The van der Waals surface area contributed by atoms with E-state index in [1.165, 1.54) is 6.92 Å². The summed E-state index contributed by atoms with van der Waals surface area (Å²) in [6.07, 6.45) is 1.02. The highest BCUT2D eigenvalue weighted by molar-refractivity contribution is 7.94. The second kappa shape index (κ2) is 3.70. The molecule has 0 aromatic heterocycles. The normalized spacial score (nSPS) is 30.8. The molecule has 1 unspecified atom stereocenters. The zero-order valence-electron chi connectivity index (χ0n) is 9.60. The highest BCUT2D eigenvalue weighted by atomic mass is 32.2. The van der Waals surface area contributed by atoms with Crippen molar-refractivity contribution in [1.29, 1.82) is 0 Å². The molecule has 2 aliphatic rings. The first-order valence-electron chi connectivity index (χ1n) is 5.44. The number of ether oxygens (including phenoxy) is 1. The number of hydrogen-bond donors (Lipinski definition) is 0. The van der Waals surface area contributed by atoms with Gasteiger partial charge in [-0.3, -0.25) is 4.79 Å². The van der Waals surface area contributed by atoms with Crippen LogP contribution in [0.4, 0.5) is 0 Å². The van der Waals surface area contributed by atoms with Crippen LogP contribution in [0.25, 0.3) is 0 Å². The lowest BCUT2D eigenvalue weighted by Gasteiger charge is -2.53. The van der Waals surface area contributed by atoms with Gasteiger partial charge in [0.1, 0.15) is 0 Å². The van der Waals surface area contributed by atoms with Gasteiger partial charge < -0.3 is 9.64 Å². The highest BCUT2D eigenvalue weighted by Crippen LogP contribution is 2.44. The van der Waals surface area contributed by atoms with Gasteiger partial charge in [0.2, 0.25) is 5.91 Å². The van der Waals surface area contributed by atoms with E-state index in [1.807, 2.05) is 0 Å². The van der Waals surface area contributed by atoms with E-state index in [0.29, 0.717) is 26.1 Å². The van der Waals surface area contributed by atoms with Crippen LogP contribution in [0.3, 0.4) is 0 Å². The Hall–Kier alpha value is -0.620. The van der Waals surface area contributed by atoms with Crippen molar-refractivity contribution in [3.63, 3.8) is 0 Å². The lowest BCUT2D eigenvalue weighted by atomic mass is 9.89. The van der Waals surface area contributed by atoms with Crippen LogP contribution in [-0.2, 0) is 19.4 Å². The number of sulfone groups is 1. The first-order chi connectivity index (χ1) is 7.41. The Morgan fingerprint density at radius 2 is 1.94 bits per heavy atom. The molecule has 5 nitrogen and oxygen atoms in total. The van der Waals surface area contributed by atoms with Gasteiger partial charge in [0.25, 0.3) is 0 Å².